The van der Waals surface area contributed by atoms with E-state index in [9.17, 15) is 19.7 Å². The Morgan fingerprint density at radius 1 is 1.32 bits per heavy atom. The molecule has 1 amide bonds. The number of morpholine rings is 1. The summed E-state index contributed by atoms with van der Waals surface area (Å²) in [7, 11) is 0. The molecule has 13 heteroatoms. The Labute approximate surface area is 231 Å². The Morgan fingerprint density at radius 3 is 2.79 bits per heavy atom. The van der Waals surface area contributed by atoms with Gasteiger partial charge in [0.15, 0.2) is 6.61 Å². The summed E-state index contributed by atoms with van der Waals surface area (Å²) >= 11 is 9.54. The number of aromatic nitrogens is 2. The van der Waals surface area contributed by atoms with Gasteiger partial charge in [-0.1, -0.05) is 40.9 Å². The molecule has 1 aliphatic rings. The zero-order valence-electron chi connectivity index (χ0n) is 20.6. The zero-order chi connectivity index (χ0) is 27.2. The summed E-state index contributed by atoms with van der Waals surface area (Å²) in [5.74, 6) is -0.0587. The topological polar surface area (TPSA) is 129 Å². The SMILES string of the molecule is CCCCc1nc2ccc(Br)cc2c(=O)n1N=Cc1cc(Cl)cc([N+](=O)[O-])c1OCC(=O)N1CCOCC1. The second-order valence-electron chi connectivity index (χ2n) is 8.54. The minimum atomic E-state index is -0.647. The monoisotopic (exact) mass is 605 g/mol. The molecule has 0 radical (unpaired) electrons. The van der Waals surface area contributed by atoms with E-state index in [2.05, 4.69) is 26.0 Å². The highest BCUT2D eigenvalue weighted by atomic mass is 79.9. The van der Waals surface area contributed by atoms with E-state index >= 15 is 0 Å². The summed E-state index contributed by atoms with van der Waals surface area (Å²) in [5.41, 5.74) is -0.130. The van der Waals surface area contributed by atoms with Gasteiger partial charge in [0.05, 0.1) is 35.3 Å². The number of aryl methyl sites for hydroxylation is 1. The van der Waals surface area contributed by atoms with E-state index in [0.29, 0.717) is 53.9 Å². The molecule has 3 aromatic rings. The number of rotatable bonds is 9. The van der Waals surface area contributed by atoms with Gasteiger partial charge < -0.3 is 14.4 Å². The molecule has 2 aromatic carbocycles. The fraction of sp³-hybridized carbons (Fsp3) is 0.360. The van der Waals surface area contributed by atoms with E-state index in [1.54, 1.807) is 23.1 Å². The van der Waals surface area contributed by atoms with E-state index in [0.717, 1.165) is 18.9 Å². The summed E-state index contributed by atoms with van der Waals surface area (Å²) in [6.07, 6.45) is 3.43. The quantitative estimate of drug-likeness (QED) is 0.203. The summed E-state index contributed by atoms with van der Waals surface area (Å²) in [5, 5.41) is 16.6. The molecule has 1 aromatic heterocycles. The molecule has 1 aliphatic heterocycles. The highest BCUT2D eigenvalue weighted by molar-refractivity contribution is 9.10. The van der Waals surface area contributed by atoms with Crippen molar-refractivity contribution in [3.05, 3.63) is 71.7 Å². The first-order valence-corrected chi connectivity index (χ1v) is 13.2. The van der Waals surface area contributed by atoms with E-state index < -0.39 is 17.2 Å². The average molecular weight is 607 g/mol. The lowest BCUT2D eigenvalue weighted by Gasteiger charge is -2.26. The van der Waals surface area contributed by atoms with Crippen LogP contribution in [0.25, 0.3) is 10.9 Å². The molecule has 1 saturated heterocycles. The van der Waals surface area contributed by atoms with E-state index in [1.807, 2.05) is 6.92 Å². The molecule has 1 fully saturated rings. The van der Waals surface area contributed by atoms with Crippen LogP contribution in [0.4, 0.5) is 5.69 Å². The van der Waals surface area contributed by atoms with Crippen molar-refractivity contribution in [1.82, 2.24) is 14.6 Å². The van der Waals surface area contributed by atoms with E-state index in [1.165, 1.54) is 17.0 Å². The third-order valence-corrected chi connectivity index (χ3v) is 6.62. The van der Waals surface area contributed by atoms with Crippen LogP contribution in [0.15, 0.2) is 44.7 Å². The number of unbranched alkanes of at least 4 members (excludes halogenated alkanes) is 1. The van der Waals surface area contributed by atoms with Crippen LogP contribution in [0.3, 0.4) is 0 Å². The number of ether oxygens (including phenoxy) is 2. The smallest absolute Gasteiger partial charge is 0.313 e. The van der Waals surface area contributed by atoms with Crippen molar-refractivity contribution in [1.29, 1.82) is 0 Å². The van der Waals surface area contributed by atoms with Crippen molar-refractivity contribution in [3.63, 3.8) is 0 Å². The van der Waals surface area contributed by atoms with Crippen LogP contribution in [-0.4, -0.2) is 64.5 Å². The molecule has 0 unspecified atom stereocenters. The summed E-state index contributed by atoms with van der Waals surface area (Å²) in [4.78, 5) is 43.3. The molecule has 0 aliphatic carbocycles. The number of halogens is 2. The van der Waals surface area contributed by atoms with Gasteiger partial charge in [0.1, 0.15) is 5.82 Å². The van der Waals surface area contributed by atoms with Crippen LogP contribution in [0.5, 0.6) is 5.75 Å². The van der Waals surface area contributed by atoms with Crippen molar-refractivity contribution < 1.29 is 19.2 Å². The summed E-state index contributed by atoms with van der Waals surface area (Å²) < 4.78 is 12.8. The molecule has 0 N–H and O–H groups in total. The van der Waals surface area contributed by atoms with Crippen LogP contribution >= 0.6 is 27.5 Å². The van der Waals surface area contributed by atoms with Crippen molar-refractivity contribution in [2.75, 3.05) is 32.9 Å². The van der Waals surface area contributed by atoms with Crippen molar-refractivity contribution in [2.24, 2.45) is 5.10 Å². The van der Waals surface area contributed by atoms with E-state index in [4.69, 9.17) is 21.1 Å². The number of nitro groups is 1. The van der Waals surface area contributed by atoms with Gasteiger partial charge in [0, 0.05) is 40.6 Å². The van der Waals surface area contributed by atoms with Gasteiger partial charge in [-0.3, -0.25) is 19.7 Å². The molecule has 11 nitrogen and oxygen atoms in total. The van der Waals surface area contributed by atoms with Crippen LogP contribution in [0.2, 0.25) is 5.02 Å². The fourth-order valence-electron chi connectivity index (χ4n) is 3.96. The summed E-state index contributed by atoms with van der Waals surface area (Å²) in [6, 6.07) is 7.78. The number of hydrogen-bond donors (Lipinski definition) is 0. The average Bonchev–Trinajstić information content (AvgIpc) is 2.91. The molecule has 0 bridgehead atoms. The zero-order valence-corrected chi connectivity index (χ0v) is 22.9. The molecule has 4 rings (SSSR count). The lowest BCUT2D eigenvalue weighted by atomic mass is 10.2. The molecular formula is C25H25BrClN5O6. The minimum Gasteiger partial charge on any atom is -0.476 e. The van der Waals surface area contributed by atoms with Crippen LogP contribution < -0.4 is 10.3 Å². The van der Waals surface area contributed by atoms with Gasteiger partial charge in [0.25, 0.3) is 11.5 Å². The highest BCUT2D eigenvalue weighted by Crippen LogP contribution is 2.34. The number of carbonyl (C=O) groups is 1. The van der Waals surface area contributed by atoms with Gasteiger partial charge in [0.2, 0.25) is 5.75 Å². The van der Waals surface area contributed by atoms with Crippen LogP contribution in [0.1, 0.15) is 31.2 Å². The molecule has 200 valence electrons. The lowest BCUT2D eigenvalue weighted by molar-refractivity contribution is -0.385. The largest absolute Gasteiger partial charge is 0.476 e. The number of fused-ring (bicyclic) bond motifs is 1. The first kappa shape index (κ1) is 27.7. The first-order chi connectivity index (χ1) is 18.3. The number of hydrogen-bond acceptors (Lipinski definition) is 8. The van der Waals surface area contributed by atoms with Crippen molar-refractivity contribution >= 4 is 56.2 Å². The number of benzene rings is 2. The Bertz CT molecular complexity index is 1450. The predicted molar refractivity (Wildman–Crippen MR) is 146 cm³/mol. The molecule has 38 heavy (non-hydrogen) atoms. The second kappa shape index (κ2) is 12.5. The van der Waals surface area contributed by atoms with Crippen molar-refractivity contribution in [2.45, 2.75) is 26.2 Å². The van der Waals surface area contributed by atoms with Gasteiger partial charge in [-0.2, -0.15) is 9.78 Å². The number of nitrogens with zero attached hydrogens (tertiary/aromatic N) is 5. The van der Waals surface area contributed by atoms with Crippen molar-refractivity contribution in [3.8, 4) is 5.75 Å². The van der Waals surface area contributed by atoms with Gasteiger partial charge in [-0.25, -0.2) is 4.98 Å². The molecule has 0 spiro atoms. The van der Waals surface area contributed by atoms with Crippen LogP contribution in [0, 0.1) is 10.1 Å². The van der Waals surface area contributed by atoms with Gasteiger partial charge >= 0.3 is 5.69 Å². The second-order valence-corrected chi connectivity index (χ2v) is 9.89. The van der Waals surface area contributed by atoms with Gasteiger partial charge in [-0.15, -0.1) is 0 Å². The normalized spacial score (nSPS) is 13.8. The molecule has 0 atom stereocenters. The summed E-state index contributed by atoms with van der Waals surface area (Å²) in [6.45, 7) is 3.25. The number of nitro benzene ring substituents is 1. The molecule has 2 heterocycles. The standard InChI is InChI=1S/C25H25BrClN5O6/c1-2-3-4-22-29-20-6-5-17(26)12-19(20)25(34)31(22)28-14-16-11-18(27)13-21(32(35)36)24(16)38-15-23(33)30-7-9-37-10-8-30/h5-6,11-14H,2-4,7-10,15H2,1H3. The lowest BCUT2D eigenvalue weighted by Crippen LogP contribution is -2.43. The Balaban J connectivity index is 1.74. The fourth-order valence-corrected chi connectivity index (χ4v) is 4.54. The van der Waals surface area contributed by atoms with Crippen LogP contribution in [-0.2, 0) is 16.0 Å². The Kier molecular flexibility index (Phi) is 9.08. The third kappa shape index (κ3) is 6.37. The van der Waals surface area contributed by atoms with E-state index in [-0.39, 0.29) is 27.8 Å². The minimum absolute atomic E-state index is 0.0733. The maximum absolute atomic E-state index is 13.4. The maximum Gasteiger partial charge on any atom is 0.313 e. The first-order valence-electron chi connectivity index (χ1n) is 12.0. The number of carbonyl (C=O) groups excluding carboxylic acids is 1. The molecular weight excluding hydrogens is 582 g/mol. The Hall–Kier alpha value is -3.35. The third-order valence-electron chi connectivity index (χ3n) is 5.90. The maximum atomic E-state index is 13.4. The predicted octanol–water partition coefficient (Wildman–Crippen LogP) is 4.18. The number of amides is 1. The highest BCUT2D eigenvalue weighted by Gasteiger charge is 2.24. The van der Waals surface area contributed by atoms with Gasteiger partial charge in [-0.05, 0) is 30.7 Å². The molecule has 0 saturated carbocycles. The Morgan fingerprint density at radius 2 is 2.08 bits per heavy atom.